The summed E-state index contributed by atoms with van der Waals surface area (Å²) in [6, 6.07) is 3.01. The first-order valence-corrected chi connectivity index (χ1v) is 10.4. The minimum absolute atomic E-state index is 0.0309. The Bertz CT molecular complexity index is 667. The van der Waals surface area contributed by atoms with Crippen LogP contribution in [0.5, 0.6) is 0 Å². The number of sulfonamides is 1. The van der Waals surface area contributed by atoms with Gasteiger partial charge in [0.15, 0.2) is 0 Å². The van der Waals surface area contributed by atoms with Crippen LogP contribution in [0.3, 0.4) is 0 Å². The maximum Gasteiger partial charge on any atom is 0.242 e. The Morgan fingerprint density at radius 1 is 1.17 bits per heavy atom. The lowest BCUT2D eigenvalue weighted by Gasteiger charge is -2.59. The molecule has 4 aliphatic rings. The van der Waals surface area contributed by atoms with Gasteiger partial charge in [-0.25, -0.2) is 18.1 Å². The van der Waals surface area contributed by atoms with E-state index in [-0.39, 0.29) is 16.4 Å². The van der Waals surface area contributed by atoms with Crippen molar-refractivity contribution in [1.82, 2.24) is 9.71 Å². The lowest BCUT2D eigenvalue weighted by atomic mass is 9.48. The number of pyridine rings is 1. The molecule has 0 unspecified atom stereocenters. The van der Waals surface area contributed by atoms with Gasteiger partial charge in [0.2, 0.25) is 10.0 Å². The normalized spacial score (nSPS) is 37.0. The predicted molar refractivity (Wildman–Crippen MR) is 89.6 cm³/mol. The van der Waals surface area contributed by atoms with E-state index in [2.05, 4.69) is 9.71 Å². The van der Waals surface area contributed by atoms with Crippen LogP contribution in [0.1, 0.15) is 45.4 Å². The van der Waals surface area contributed by atoms with Crippen molar-refractivity contribution in [3.8, 4) is 0 Å². The lowest BCUT2D eigenvalue weighted by Crippen LogP contribution is -2.55. The fraction of sp³-hybridized carbons (Fsp3) is 0.706. The van der Waals surface area contributed by atoms with Gasteiger partial charge < -0.3 is 0 Å². The van der Waals surface area contributed by atoms with Crippen LogP contribution in [0.2, 0.25) is 5.15 Å². The number of hydrogen-bond donors (Lipinski definition) is 1. The van der Waals surface area contributed by atoms with Crippen molar-refractivity contribution >= 4 is 21.6 Å². The van der Waals surface area contributed by atoms with Crippen molar-refractivity contribution in [3.63, 3.8) is 0 Å². The summed E-state index contributed by atoms with van der Waals surface area (Å²) in [6.07, 6.45) is 8.96. The Labute approximate surface area is 143 Å². The van der Waals surface area contributed by atoms with Crippen molar-refractivity contribution < 1.29 is 8.42 Å². The summed E-state index contributed by atoms with van der Waals surface area (Å²) < 4.78 is 28.2. The number of nitrogens with one attached hydrogen (secondary N) is 1. The Morgan fingerprint density at radius 3 is 2.22 bits per heavy atom. The van der Waals surface area contributed by atoms with Crippen LogP contribution in [0.15, 0.2) is 23.2 Å². The first-order valence-electron chi connectivity index (χ1n) is 8.50. The molecule has 0 aromatic carbocycles. The van der Waals surface area contributed by atoms with Crippen LogP contribution in [0.25, 0.3) is 0 Å². The molecule has 4 bridgehead atoms. The molecule has 0 aliphatic heterocycles. The standard InChI is InChI=1S/C17H23ClN2O2S/c1-11(20-23(21,22)15-2-3-16(18)19-10-15)17-7-12-4-13(8-17)6-14(5-12)9-17/h2-3,10-14,20H,4-9H2,1H3/t11-,12?,13?,14?,17?/m1/s1. The molecule has 1 N–H and O–H groups in total. The molecule has 126 valence electrons. The zero-order valence-corrected chi connectivity index (χ0v) is 14.9. The van der Waals surface area contributed by atoms with E-state index in [4.69, 9.17) is 11.6 Å². The van der Waals surface area contributed by atoms with E-state index in [0.29, 0.717) is 5.15 Å². The van der Waals surface area contributed by atoms with Crippen LogP contribution in [0.4, 0.5) is 0 Å². The molecule has 1 atom stereocenters. The third-order valence-corrected chi connectivity index (χ3v) is 8.10. The zero-order valence-electron chi connectivity index (χ0n) is 13.3. The Balaban J connectivity index is 1.55. The molecular weight excluding hydrogens is 332 g/mol. The molecule has 1 aromatic rings. The Hall–Kier alpha value is -0.650. The fourth-order valence-corrected chi connectivity index (χ4v) is 7.06. The van der Waals surface area contributed by atoms with Gasteiger partial charge >= 0.3 is 0 Å². The topological polar surface area (TPSA) is 59.1 Å². The molecule has 4 nitrogen and oxygen atoms in total. The maximum atomic E-state index is 12.7. The van der Waals surface area contributed by atoms with Gasteiger partial charge in [0.1, 0.15) is 10.0 Å². The van der Waals surface area contributed by atoms with Crippen molar-refractivity contribution in [3.05, 3.63) is 23.5 Å². The van der Waals surface area contributed by atoms with E-state index in [1.165, 1.54) is 56.9 Å². The molecule has 1 aromatic heterocycles. The van der Waals surface area contributed by atoms with Crippen LogP contribution in [0, 0.1) is 23.2 Å². The average molecular weight is 355 g/mol. The first kappa shape index (κ1) is 15.9. The number of hydrogen-bond acceptors (Lipinski definition) is 3. The summed E-state index contributed by atoms with van der Waals surface area (Å²) in [5.74, 6) is 2.43. The van der Waals surface area contributed by atoms with Gasteiger partial charge in [0.05, 0.1) is 0 Å². The predicted octanol–water partition coefficient (Wildman–Crippen LogP) is 3.62. The van der Waals surface area contributed by atoms with Gasteiger partial charge in [-0.15, -0.1) is 0 Å². The smallest absolute Gasteiger partial charge is 0.242 e. The second-order valence-corrected chi connectivity index (χ2v) is 10.0. The van der Waals surface area contributed by atoms with Gasteiger partial charge in [0.25, 0.3) is 0 Å². The lowest BCUT2D eigenvalue weighted by molar-refractivity contribution is -0.0666. The third kappa shape index (κ3) is 2.81. The molecule has 4 fully saturated rings. The largest absolute Gasteiger partial charge is 0.243 e. The summed E-state index contributed by atoms with van der Waals surface area (Å²) in [7, 11) is -3.54. The molecular formula is C17H23ClN2O2S. The van der Waals surface area contributed by atoms with Crippen molar-refractivity contribution in [1.29, 1.82) is 0 Å². The van der Waals surface area contributed by atoms with E-state index in [0.717, 1.165) is 17.8 Å². The second kappa shape index (κ2) is 5.43. The van der Waals surface area contributed by atoms with Crippen LogP contribution in [-0.4, -0.2) is 19.4 Å². The quantitative estimate of drug-likeness (QED) is 0.840. The molecule has 1 heterocycles. The zero-order chi connectivity index (χ0) is 16.2. The highest BCUT2D eigenvalue weighted by atomic mass is 35.5. The Kier molecular flexibility index (Phi) is 3.74. The van der Waals surface area contributed by atoms with E-state index < -0.39 is 10.0 Å². The maximum absolute atomic E-state index is 12.7. The number of rotatable bonds is 4. The minimum Gasteiger partial charge on any atom is -0.243 e. The first-order chi connectivity index (χ1) is 10.9. The highest BCUT2D eigenvalue weighted by Gasteiger charge is 2.53. The summed E-state index contributed by atoms with van der Waals surface area (Å²) in [5.41, 5.74) is 0.154. The summed E-state index contributed by atoms with van der Waals surface area (Å²) in [4.78, 5) is 4.08. The molecule has 0 amide bonds. The van der Waals surface area contributed by atoms with Crippen molar-refractivity contribution in [2.75, 3.05) is 0 Å². The summed E-state index contributed by atoms with van der Waals surface area (Å²) in [5, 5.41) is 0.304. The molecule has 0 spiro atoms. The van der Waals surface area contributed by atoms with Gasteiger partial charge in [-0.1, -0.05) is 11.6 Å². The minimum atomic E-state index is -3.54. The monoisotopic (exact) mass is 354 g/mol. The van der Waals surface area contributed by atoms with Crippen molar-refractivity contribution in [2.45, 2.75) is 56.4 Å². The average Bonchev–Trinajstić information content (AvgIpc) is 2.45. The number of aromatic nitrogens is 1. The summed E-state index contributed by atoms with van der Waals surface area (Å²) >= 11 is 5.75. The van der Waals surface area contributed by atoms with E-state index in [1.807, 2.05) is 6.92 Å². The van der Waals surface area contributed by atoms with Gasteiger partial charge in [-0.2, -0.15) is 0 Å². The highest BCUT2D eigenvalue weighted by molar-refractivity contribution is 7.89. The molecule has 5 rings (SSSR count). The fourth-order valence-electron chi connectivity index (χ4n) is 5.65. The van der Waals surface area contributed by atoms with E-state index in [1.54, 1.807) is 0 Å². The SMILES string of the molecule is C[C@@H](NS(=O)(=O)c1ccc(Cl)nc1)C12CC3CC(CC(C3)C1)C2. The summed E-state index contributed by atoms with van der Waals surface area (Å²) in [6.45, 7) is 2.05. The van der Waals surface area contributed by atoms with E-state index in [9.17, 15) is 8.42 Å². The number of nitrogens with zero attached hydrogens (tertiary/aromatic N) is 1. The second-order valence-electron chi connectivity index (χ2n) is 7.94. The van der Waals surface area contributed by atoms with Crippen LogP contribution < -0.4 is 4.72 Å². The molecule has 6 heteroatoms. The molecule has 4 saturated carbocycles. The van der Waals surface area contributed by atoms with Gasteiger partial charge in [-0.3, -0.25) is 0 Å². The third-order valence-electron chi connectivity index (χ3n) is 6.35. The van der Waals surface area contributed by atoms with Crippen molar-refractivity contribution in [2.24, 2.45) is 23.2 Å². The van der Waals surface area contributed by atoms with Gasteiger partial charge in [-0.05, 0) is 80.8 Å². The number of halogens is 1. The molecule has 0 radical (unpaired) electrons. The van der Waals surface area contributed by atoms with Crippen LogP contribution >= 0.6 is 11.6 Å². The Morgan fingerprint density at radius 2 is 1.74 bits per heavy atom. The highest BCUT2D eigenvalue weighted by Crippen LogP contribution is 2.61. The van der Waals surface area contributed by atoms with E-state index >= 15 is 0 Å². The molecule has 23 heavy (non-hydrogen) atoms. The van der Waals surface area contributed by atoms with Crippen LogP contribution in [-0.2, 0) is 10.0 Å². The molecule has 4 aliphatic carbocycles. The van der Waals surface area contributed by atoms with Gasteiger partial charge in [0, 0.05) is 12.2 Å². The molecule has 0 saturated heterocycles.